The molecule has 5 nitrogen and oxygen atoms in total. The van der Waals surface area contributed by atoms with Gasteiger partial charge < -0.3 is 10.6 Å². The first-order chi connectivity index (χ1) is 13.5. The molecule has 3 aromatic rings. The molecule has 0 saturated heterocycles. The van der Waals surface area contributed by atoms with Gasteiger partial charge in [0.05, 0.1) is 5.56 Å². The third kappa shape index (κ3) is 5.13. The minimum atomic E-state index is -0.288. The molecular weight excluding hydrogens is 355 g/mol. The van der Waals surface area contributed by atoms with E-state index in [1.54, 1.807) is 18.2 Å². The van der Waals surface area contributed by atoms with E-state index in [0.29, 0.717) is 36.0 Å². The zero-order chi connectivity index (χ0) is 19.9. The van der Waals surface area contributed by atoms with E-state index >= 15 is 0 Å². The largest absolute Gasteiger partial charge is 0.352 e. The molecule has 0 unspecified atom stereocenters. The lowest BCUT2D eigenvalue weighted by Crippen LogP contribution is -2.26. The standard InChI is InChI=1S/C22H23FN4O/c1-15(2)16-7-9-19(10-8-16)27-22-25-13-18(14-26-22)21(28)24-12-11-17-5-3-4-6-20(17)23/h3-10,13-15H,11-12H2,1-2H3,(H,24,28)(H,25,26,27). The van der Waals surface area contributed by atoms with Crippen LogP contribution in [0.3, 0.4) is 0 Å². The summed E-state index contributed by atoms with van der Waals surface area (Å²) in [5.41, 5.74) is 3.07. The fourth-order valence-corrected chi connectivity index (χ4v) is 2.70. The fourth-order valence-electron chi connectivity index (χ4n) is 2.70. The number of benzene rings is 2. The van der Waals surface area contributed by atoms with Gasteiger partial charge >= 0.3 is 0 Å². The molecule has 28 heavy (non-hydrogen) atoms. The predicted molar refractivity (Wildman–Crippen MR) is 108 cm³/mol. The summed E-state index contributed by atoms with van der Waals surface area (Å²) in [6.45, 7) is 4.62. The van der Waals surface area contributed by atoms with Gasteiger partial charge in [0, 0.05) is 24.6 Å². The molecule has 3 rings (SSSR count). The topological polar surface area (TPSA) is 66.9 Å². The fraction of sp³-hybridized carbons (Fsp3) is 0.227. The van der Waals surface area contributed by atoms with Gasteiger partial charge in [-0.05, 0) is 41.7 Å². The van der Waals surface area contributed by atoms with E-state index in [0.717, 1.165) is 5.69 Å². The number of hydrogen-bond donors (Lipinski definition) is 2. The van der Waals surface area contributed by atoms with Gasteiger partial charge in [-0.15, -0.1) is 0 Å². The van der Waals surface area contributed by atoms with E-state index in [4.69, 9.17) is 0 Å². The number of nitrogens with zero attached hydrogens (tertiary/aromatic N) is 2. The first-order valence-corrected chi connectivity index (χ1v) is 9.23. The van der Waals surface area contributed by atoms with Crippen molar-refractivity contribution in [3.8, 4) is 0 Å². The average molecular weight is 378 g/mol. The molecule has 0 fully saturated rings. The summed E-state index contributed by atoms with van der Waals surface area (Å²) in [4.78, 5) is 20.6. The van der Waals surface area contributed by atoms with Crippen LogP contribution < -0.4 is 10.6 Å². The zero-order valence-electron chi connectivity index (χ0n) is 15.9. The minimum Gasteiger partial charge on any atom is -0.352 e. The molecule has 2 N–H and O–H groups in total. The van der Waals surface area contributed by atoms with Crippen LogP contribution in [-0.2, 0) is 6.42 Å². The Morgan fingerprint density at radius 1 is 1.04 bits per heavy atom. The Kier molecular flexibility index (Phi) is 6.32. The normalized spacial score (nSPS) is 10.7. The molecule has 0 aliphatic heterocycles. The number of anilines is 2. The second-order valence-electron chi connectivity index (χ2n) is 6.79. The lowest BCUT2D eigenvalue weighted by molar-refractivity contribution is 0.0953. The lowest BCUT2D eigenvalue weighted by atomic mass is 10.0. The second-order valence-corrected chi connectivity index (χ2v) is 6.79. The van der Waals surface area contributed by atoms with Crippen LogP contribution in [0.15, 0.2) is 60.9 Å². The van der Waals surface area contributed by atoms with E-state index in [9.17, 15) is 9.18 Å². The van der Waals surface area contributed by atoms with E-state index in [-0.39, 0.29) is 11.7 Å². The van der Waals surface area contributed by atoms with Gasteiger partial charge in [0.15, 0.2) is 0 Å². The monoisotopic (exact) mass is 378 g/mol. The second kappa shape index (κ2) is 9.08. The number of amides is 1. The zero-order valence-corrected chi connectivity index (χ0v) is 15.9. The Morgan fingerprint density at radius 3 is 2.36 bits per heavy atom. The number of halogens is 1. The quantitative estimate of drug-likeness (QED) is 0.637. The van der Waals surface area contributed by atoms with Gasteiger partial charge in [-0.25, -0.2) is 14.4 Å². The molecule has 1 aromatic heterocycles. The summed E-state index contributed by atoms with van der Waals surface area (Å²) >= 11 is 0. The van der Waals surface area contributed by atoms with E-state index in [1.807, 2.05) is 12.1 Å². The molecule has 144 valence electrons. The van der Waals surface area contributed by atoms with E-state index in [1.165, 1.54) is 24.0 Å². The van der Waals surface area contributed by atoms with E-state index in [2.05, 4.69) is 46.6 Å². The summed E-state index contributed by atoms with van der Waals surface area (Å²) in [6, 6.07) is 14.6. The van der Waals surface area contributed by atoms with Crippen LogP contribution in [0.25, 0.3) is 0 Å². The first-order valence-electron chi connectivity index (χ1n) is 9.23. The van der Waals surface area contributed by atoms with Gasteiger partial charge in [-0.1, -0.05) is 44.2 Å². The van der Waals surface area contributed by atoms with Crippen molar-refractivity contribution in [2.75, 3.05) is 11.9 Å². The first kappa shape index (κ1) is 19.5. The maximum absolute atomic E-state index is 13.6. The maximum Gasteiger partial charge on any atom is 0.254 e. The molecule has 0 spiro atoms. The van der Waals surface area contributed by atoms with Crippen LogP contribution >= 0.6 is 0 Å². The number of carbonyl (C=O) groups is 1. The highest BCUT2D eigenvalue weighted by atomic mass is 19.1. The predicted octanol–water partition coefficient (Wildman–Crippen LogP) is 4.46. The van der Waals surface area contributed by atoms with Crippen LogP contribution in [0.5, 0.6) is 0 Å². The van der Waals surface area contributed by atoms with Crippen LogP contribution in [0, 0.1) is 5.82 Å². The van der Waals surface area contributed by atoms with Crippen LogP contribution in [0.1, 0.15) is 41.3 Å². The SMILES string of the molecule is CC(C)c1ccc(Nc2ncc(C(=O)NCCc3ccccc3F)cn2)cc1. The highest BCUT2D eigenvalue weighted by Gasteiger charge is 2.08. The van der Waals surface area contributed by atoms with Crippen molar-refractivity contribution in [2.45, 2.75) is 26.2 Å². The van der Waals surface area contributed by atoms with Gasteiger partial charge in [0.2, 0.25) is 5.95 Å². The Morgan fingerprint density at radius 2 is 1.71 bits per heavy atom. The van der Waals surface area contributed by atoms with Crippen LogP contribution in [0.2, 0.25) is 0 Å². The molecular formula is C22H23FN4O. The average Bonchev–Trinajstić information content (AvgIpc) is 2.70. The van der Waals surface area contributed by atoms with Crippen LogP contribution in [-0.4, -0.2) is 22.4 Å². The summed E-state index contributed by atoms with van der Waals surface area (Å²) in [7, 11) is 0. The number of rotatable bonds is 7. The third-order valence-electron chi connectivity index (χ3n) is 4.39. The summed E-state index contributed by atoms with van der Waals surface area (Å²) in [5, 5.41) is 5.87. The van der Waals surface area contributed by atoms with E-state index < -0.39 is 0 Å². The van der Waals surface area contributed by atoms with Gasteiger partial charge in [-0.2, -0.15) is 0 Å². The molecule has 1 amide bonds. The molecule has 2 aromatic carbocycles. The molecule has 0 aliphatic rings. The van der Waals surface area contributed by atoms with Crippen molar-refractivity contribution < 1.29 is 9.18 Å². The number of nitrogens with one attached hydrogen (secondary N) is 2. The molecule has 0 atom stereocenters. The van der Waals surface area contributed by atoms with Gasteiger partial charge in [-0.3, -0.25) is 4.79 Å². The Hall–Kier alpha value is -3.28. The Balaban J connectivity index is 1.53. The maximum atomic E-state index is 13.6. The molecule has 0 aliphatic carbocycles. The molecule has 0 bridgehead atoms. The molecule has 0 radical (unpaired) electrons. The highest BCUT2D eigenvalue weighted by Crippen LogP contribution is 2.19. The highest BCUT2D eigenvalue weighted by molar-refractivity contribution is 5.93. The smallest absolute Gasteiger partial charge is 0.254 e. The van der Waals surface area contributed by atoms with Crippen molar-refractivity contribution >= 4 is 17.5 Å². The molecule has 6 heteroatoms. The number of aromatic nitrogens is 2. The Labute approximate surface area is 164 Å². The minimum absolute atomic E-state index is 0.267. The third-order valence-corrected chi connectivity index (χ3v) is 4.39. The van der Waals surface area contributed by atoms with Crippen molar-refractivity contribution in [1.29, 1.82) is 0 Å². The summed E-state index contributed by atoms with van der Waals surface area (Å²) < 4.78 is 13.6. The van der Waals surface area contributed by atoms with Crippen molar-refractivity contribution in [2.24, 2.45) is 0 Å². The summed E-state index contributed by atoms with van der Waals surface area (Å²) in [5.74, 6) is 0.336. The summed E-state index contributed by atoms with van der Waals surface area (Å²) in [6.07, 6.45) is 3.36. The van der Waals surface area contributed by atoms with Gasteiger partial charge in [0.1, 0.15) is 5.82 Å². The number of carbonyl (C=O) groups excluding carboxylic acids is 1. The van der Waals surface area contributed by atoms with Gasteiger partial charge in [0.25, 0.3) is 5.91 Å². The number of hydrogen-bond acceptors (Lipinski definition) is 4. The lowest BCUT2D eigenvalue weighted by Gasteiger charge is -2.09. The molecule has 0 saturated carbocycles. The van der Waals surface area contributed by atoms with Crippen molar-refractivity contribution in [3.63, 3.8) is 0 Å². The van der Waals surface area contributed by atoms with Crippen molar-refractivity contribution in [3.05, 3.63) is 83.4 Å². The Bertz CT molecular complexity index is 924. The molecule has 1 heterocycles. The van der Waals surface area contributed by atoms with Crippen molar-refractivity contribution in [1.82, 2.24) is 15.3 Å². The van der Waals surface area contributed by atoms with Crippen LogP contribution in [0.4, 0.5) is 16.0 Å².